The molecule has 4 aromatic rings. The van der Waals surface area contributed by atoms with Crippen LogP contribution in [0.3, 0.4) is 0 Å². The fraction of sp³-hybridized carbons (Fsp3) is 0.395. The Labute approximate surface area is 328 Å². The van der Waals surface area contributed by atoms with E-state index in [9.17, 15) is 24.4 Å². The third-order valence-corrected chi connectivity index (χ3v) is 9.52. The van der Waals surface area contributed by atoms with Crippen molar-refractivity contribution < 1.29 is 28.7 Å². The number of hydrogen-bond donors (Lipinski definition) is 3. The molecule has 4 amide bonds. The van der Waals surface area contributed by atoms with Gasteiger partial charge in [-0.15, -0.1) is 0 Å². The van der Waals surface area contributed by atoms with E-state index in [1.54, 1.807) is 31.5 Å². The summed E-state index contributed by atoms with van der Waals surface area (Å²) in [6.45, 7) is 9.15. The summed E-state index contributed by atoms with van der Waals surface area (Å²) in [5.41, 5.74) is 0.384. The molecule has 0 bridgehead atoms. The number of amides is 4. The molecular formula is C43H51N7O6. The molecule has 1 saturated heterocycles. The number of carbonyl (C=O) groups excluding carboxylic acids is 4. The number of carbonyl (C=O) groups is 4. The standard InChI is InChI=1S/C43H51N7O6/c1-42(2,3)56-41(54)48-43(4,5)40(53)46-35(28-55-27-30-15-9-6-10-16-30)38(51)47-36-26-50(29-45-36)37(33-19-13-8-14-20-33)39(52)49-23-21-32(22-24-49)34(25-44)31-17-11-7-12-18-31/h6-20,26,29,32,34-35,37H,21-24,27-28H2,1-5H3,(H,46,53)(H,47,51)(H,48,54). The summed E-state index contributed by atoms with van der Waals surface area (Å²) in [5, 5.41) is 18.1. The van der Waals surface area contributed by atoms with E-state index in [0.29, 0.717) is 25.9 Å². The van der Waals surface area contributed by atoms with Gasteiger partial charge >= 0.3 is 6.09 Å². The van der Waals surface area contributed by atoms with Crippen LogP contribution in [0, 0.1) is 17.2 Å². The minimum absolute atomic E-state index is 0.125. The fourth-order valence-corrected chi connectivity index (χ4v) is 6.58. The molecule has 56 heavy (non-hydrogen) atoms. The summed E-state index contributed by atoms with van der Waals surface area (Å²) in [5.74, 6) is -1.34. The summed E-state index contributed by atoms with van der Waals surface area (Å²) in [7, 11) is 0. The van der Waals surface area contributed by atoms with Crippen LogP contribution in [0.25, 0.3) is 0 Å². The fourth-order valence-electron chi connectivity index (χ4n) is 6.58. The Morgan fingerprint density at radius 2 is 1.46 bits per heavy atom. The van der Waals surface area contributed by atoms with Gasteiger partial charge in [0.25, 0.3) is 5.91 Å². The number of rotatable bonds is 14. The van der Waals surface area contributed by atoms with Gasteiger partial charge in [0.1, 0.15) is 23.2 Å². The average molecular weight is 762 g/mol. The third-order valence-electron chi connectivity index (χ3n) is 9.52. The second-order valence-corrected chi connectivity index (χ2v) is 15.5. The van der Waals surface area contributed by atoms with E-state index in [0.717, 1.165) is 16.7 Å². The minimum Gasteiger partial charge on any atom is -0.444 e. The van der Waals surface area contributed by atoms with E-state index in [-0.39, 0.29) is 36.8 Å². The molecule has 0 saturated carbocycles. The van der Waals surface area contributed by atoms with E-state index in [2.05, 4.69) is 27.0 Å². The van der Waals surface area contributed by atoms with Crippen molar-refractivity contribution in [1.82, 2.24) is 25.1 Å². The number of piperidine rings is 1. The van der Waals surface area contributed by atoms with Crippen molar-refractivity contribution in [3.63, 3.8) is 0 Å². The van der Waals surface area contributed by atoms with Crippen LogP contribution in [0.5, 0.6) is 0 Å². The SMILES string of the molecule is CC(C)(C)OC(=O)NC(C)(C)C(=O)NC(COCc1ccccc1)C(=O)Nc1cn(C(C(=O)N2CCC(C(C#N)c3ccccc3)CC2)c2ccccc2)cn1. The molecular weight excluding hydrogens is 711 g/mol. The van der Waals surface area contributed by atoms with Crippen molar-refractivity contribution in [3.05, 3.63) is 120 Å². The third kappa shape index (κ3) is 11.3. The molecule has 5 rings (SSSR count). The molecule has 2 heterocycles. The second kappa shape index (κ2) is 18.6. The highest BCUT2D eigenvalue weighted by Gasteiger charge is 2.36. The van der Waals surface area contributed by atoms with Gasteiger partial charge in [0, 0.05) is 19.3 Å². The summed E-state index contributed by atoms with van der Waals surface area (Å²) in [6, 6.07) is 29.0. The quantitative estimate of drug-likeness (QED) is 0.142. The lowest BCUT2D eigenvalue weighted by Gasteiger charge is -2.36. The van der Waals surface area contributed by atoms with E-state index in [4.69, 9.17) is 9.47 Å². The largest absolute Gasteiger partial charge is 0.444 e. The number of anilines is 1. The number of nitrogens with zero attached hydrogens (tertiary/aromatic N) is 4. The summed E-state index contributed by atoms with van der Waals surface area (Å²) in [4.78, 5) is 60.3. The molecule has 1 fully saturated rings. The number of nitriles is 1. The van der Waals surface area contributed by atoms with Crippen molar-refractivity contribution in [3.8, 4) is 6.07 Å². The highest BCUT2D eigenvalue weighted by atomic mass is 16.6. The molecule has 1 aromatic heterocycles. The van der Waals surface area contributed by atoms with Crippen LogP contribution in [0.4, 0.5) is 10.6 Å². The van der Waals surface area contributed by atoms with Gasteiger partial charge in [0.05, 0.1) is 31.5 Å². The number of imidazole rings is 1. The first kappa shape index (κ1) is 41.2. The Hall–Kier alpha value is -6.00. The van der Waals surface area contributed by atoms with Crippen molar-refractivity contribution >= 4 is 29.6 Å². The number of ether oxygens (including phenoxy) is 2. The number of nitrogens with one attached hydrogen (secondary N) is 3. The van der Waals surface area contributed by atoms with Crippen LogP contribution >= 0.6 is 0 Å². The maximum absolute atomic E-state index is 14.3. The molecule has 3 N–H and O–H groups in total. The van der Waals surface area contributed by atoms with Gasteiger partial charge in [0.2, 0.25) is 11.8 Å². The first-order valence-corrected chi connectivity index (χ1v) is 18.8. The molecule has 13 heteroatoms. The van der Waals surface area contributed by atoms with Crippen molar-refractivity contribution in [2.45, 2.75) is 83.2 Å². The van der Waals surface area contributed by atoms with E-state index in [1.165, 1.54) is 20.2 Å². The van der Waals surface area contributed by atoms with Gasteiger partial charge in [-0.05, 0) is 70.1 Å². The number of benzene rings is 3. The Morgan fingerprint density at radius 1 is 0.875 bits per heavy atom. The number of likely N-dealkylation sites (tertiary alicyclic amines) is 1. The Morgan fingerprint density at radius 3 is 2.05 bits per heavy atom. The Balaban J connectivity index is 1.30. The maximum Gasteiger partial charge on any atom is 0.408 e. The van der Waals surface area contributed by atoms with E-state index < -0.39 is 41.1 Å². The molecule has 3 atom stereocenters. The number of hydrogen-bond acceptors (Lipinski definition) is 8. The molecule has 1 aliphatic rings. The van der Waals surface area contributed by atoms with Gasteiger partial charge in [-0.2, -0.15) is 5.26 Å². The van der Waals surface area contributed by atoms with Crippen LogP contribution in [0.1, 0.15) is 76.1 Å². The van der Waals surface area contributed by atoms with E-state index in [1.807, 2.05) is 95.9 Å². The first-order chi connectivity index (χ1) is 26.7. The predicted molar refractivity (Wildman–Crippen MR) is 211 cm³/mol. The normalized spacial score (nSPS) is 15.1. The molecule has 13 nitrogen and oxygen atoms in total. The number of alkyl carbamates (subject to hydrolysis) is 1. The molecule has 3 aromatic carbocycles. The molecule has 0 radical (unpaired) electrons. The highest BCUT2D eigenvalue weighted by Crippen LogP contribution is 2.34. The lowest BCUT2D eigenvalue weighted by Crippen LogP contribution is -2.59. The van der Waals surface area contributed by atoms with Gasteiger partial charge in [-0.25, -0.2) is 9.78 Å². The zero-order valence-corrected chi connectivity index (χ0v) is 32.6. The summed E-state index contributed by atoms with van der Waals surface area (Å²) >= 11 is 0. The topological polar surface area (TPSA) is 168 Å². The highest BCUT2D eigenvalue weighted by molar-refractivity contribution is 5.98. The number of aromatic nitrogens is 2. The summed E-state index contributed by atoms with van der Waals surface area (Å²) in [6.07, 6.45) is 3.67. The molecule has 1 aliphatic heterocycles. The van der Waals surface area contributed by atoms with Gasteiger partial charge in [0.15, 0.2) is 5.82 Å². The predicted octanol–water partition coefficient (Wildman–Crippen LogP) is 5.96. The van der Waals surface area contributed by atoms with Crippen LogP contribution < -0.4 is 16.0 Å². The maximum atomic E-state index is 14.3. The van der Waals surface area contributed by atoms with Gasteiger partial charge in [-0.1, -0.05) is 91.0 Å². The van der Waals surface area contributed by atoms with Crippen molar-refractivity contribution in [2.24, 2.45) is 5.92 Å². The van der Waals surface area contributed by atoms with Crippen LogP contribution in [0.2, 0.25) is 0 Å². The Kier molecular flexibility index (Phi) is 13.6. The zero-order valence-electron chi connectivity index (χ0n) is 32.6. The van der Waals surface area contributed by atoms with Crippen molar-refractivity contribution in [1.29, 1.82) is 5.26 Å². The summed E-state index contributed by atoms with van der Waals surface area (Å²) < 4.78 is 12.9. The van der Waals surface area contributed by atoms with E-state index >= 15 is 0 Å². The lowest BCUT2D eigenvalue weighted by molar-refractivity contribution is -0.135. The first-order valence-electron chi connectivity index (χ1n) is 18.8. The minimum atomic E-state index is -1.45. The average Bonchev–Trinajstić information content (AvgIpc) is 3.62. The van der Waals surface area contributed by atoms with Gasteiger partial charge < -0.3 is 34.9 Å². The van der Waals surface area contributed by atoms with Gasteiger partial charge in [-0.3, -0.25) is 14.4 Å². The molecule has 3 unspecified atom stereocenters. The van der Waals surface area contributed by atoms with Crippen LogP contribution in [-0.4, -0.2) is 75.1 Å². The molecule has 0 aliphatic carbocycles. The Bertz CT molecular complexity index is 1960. The second-order valence-electron chi connectivity index (χ2n) is 15.5. The zero-order chi connectivity index (χ0) is 40.3. The lowest BCUT2D eigenvalue weighted by atomic mass is 9.81. The van der Waals surface area contributed by atoms with Crippen LogP contribution in [0.15, 0.2) is 104 Å². The molecule has 294 valence electrons. The van der Waals surface area contributed by atoms with Crippen molar-refractivity contribution in [2.75, 3.05) is 25.0 Å². The smallest absolute Gasteiger partial charge is 0.408 e. The van der Waals surface area contributed by atoms with Crippen LogP contribution in [-0.2, 0) is 30.5 Å². The molecule has 0 spiro atoms. The monoisotopic (exact) mass is 761 g/mol.